The quantitative estimate of drug-likeness (QED) is 0.718. The summed E-state index contributed by atoms with van der Waals surface area (Å²) >= 11 is 0. The minimum atomic E-state index is -1.12. The summed E-state index contributed by atoms with van der Waals surface area (Å²) in [5.41, 5.74) is 5.57. The van der Waals surface area contributed by atoms with Crippen LogP contribution in [0.2, 0.25) is 39.3 Å². The number of hydrogen-bond acceptors (Lipinski definition) is 2. The standard InChI is InChI=1S/C9H26N2Si2/c1-12(2,3)11(9-7-8-10)13(4,5)6/h7-10H2,1-6H3. The van der Waals surface area contributed by atoms with Crippen LogP contribution in [0.4, 0.5) is 0 Å². The van der Waals surface area contributed by atoms with Crippen LogP contribution >= 0.6 is 0 Å². The van der Waals surface area contributed by atoms with Crippen molar-refractivity contribution in [1.82, 2.24) is 4.23 Å². The van der Waals surface area contributed by atoms with Crippen LogP contribution in [0.5, 0.6) is 0 Å². The first-order valence-corrected chi connectivity index (χ1v) is 12.1. The van der Waals surface area contributed by atoms with Crippen molar-refractivity contribution >= 4 is 16.5 Å². The molecule has 0 aromatic heterocycles. The first kappa shape index (κ1) is 13.4. The van der Waals surface area contributed by atoms with E-state index in [1.807, 2.05) is 0 Å². The monoisotopic (exact) mass is 218 g/mol. The molecule has 2 nitrogen and oxygen atoms in total. The number of nitrogens with zero attached hydrogens (tertiary/aromatic N) is 1. The van der Waals surface area contributed by atoms with Crippen molar-refractivity contribution in [3.63, 3.8) is 0 Å². The Hall–Kier alpha value is 0.354. The molecule has 0 bridgehead atoms. The molecule has 0 aliphatic heterocycles. The zero-order chi connectivity index (χ0) is 10.7. The lowest BCUT2D eigenvalue weighted by Crippen LogP contribution is -2.59. The summed E-state index contributed by atoms with van der Waals surface area (Å²) in [7, 11) is -2.24. The molecular formula is C9H26N2Si2. The van der Waals surface area contributed by atoms with Crippen molar-refractivity contribution in [3.05, 3.63) is 0 Å². The summed E-state index contributed by atoms with van der Waals surface area (Å²) in [6.07, 6.45) is 1.15. The van der Waals surface area contributed by atoms with Crippen LogP contribution in [0, 0.1) is 0 Å². The molecule has 0 radical (unpaired) electrons. The van der Waals surface area contributed by atoms with Gasteiger partial charge in [-0.3, -0.25) is 0 Å². The summed E-state index contributed by atoms with van der Waals surface area (Å²) in [5, 5.41) is 0. The van der Waals surface area contributed by atoms with E-state index in [1.165, 1.54) is 6.54 Å². The molecule has 0 rings (SSSR count). The van der Waals surface area contributed by atoms with Crippen LogP contribution in [0.25, 0.3) is 0 Å². The lowest BCUT2D eigenvalue weighted by molar-refractivity contribution is 0.586. The third kappa shape index (κ3) is 4.95. The summed E-state index contributed by atoms with van der Waals surface area (Å²) in [6, 6.07) is 0. The van der Waals surface area contributed by atoms with Gasteiger partial charge in [-0.15, -0.1) is 0 Å². The lowest BCUT2D eigenvalue weighted by atomic mass is 10.4. The van der Waals surface area contributed by atoms with E-state index >= 15 is 0 Å². The predicted molar refractivity (Wildman–Crippen MR) is 67.1 cm³/mol. The summed E-state index contributed by atoms with van der Waals surface area (Å²) in [4.78, 5) is 0. The molecule has 0 aromatic carbocycles. The van der Waals surface area contributed by atoms with E-state index in [-0.39, 0.29) is 0 Å². The third-order valence-electron chi connectivity index (χ3n) is 2.21. The zero-order valence-electron chi connectivity index (χ0n) is 10.1. The molecule has 13 heavy (non-hydrogen) atoms. The fraction of sp³-hybridized carbons (Fsp3) is 1.00. The highest BCUT2D eigenvalue weighted by molar-refractivity contribution is 6.89. The zero-order valence-corrected chi connectivity index (χ0v) is 12.1. The molecule has 2 N–H and O–H groups in total. The van der Waals surface area contributed by atoms with Crippen molar-refractivity contribution in [1.29, 1.82) is 0 Å². The van der Waals surface area contributed by atoms with Crippen molar-refractivity contribution in [2.24, 2.45) is 5.73 Å². The van der Waals surface area contributed by atoms with Crippen LogP contribution in [0.15, 0.2) is 0 Å². The van der Waals surface area contributed by atoms with Crippen LogP contribution < -0.4 is 5.73 Å². The van der Waals surface area contributed by atoms with E-state index in [1.54, 1.807) is 0 Å². The minimum absolute atomic E-state index is 0.825. The van der Waals surface area contributed by atoms with E-state index in [0.29, 0.717) is 0 Å². The van der Waals surface area contributed by atoms with E-state index in [0.717, 1.165) is 13.0 Å². The highest BCUT2D eigenvalue weighted by Gasteiger charge is 2.33. The molecule has 0 atom stereocenters. The average Bonchev–Trinajstić information content (AvgIpc) is 1.81. The molecular weight excluding hydrogens is 192 g/mol. The van der Waals surface area contributed by atoms with Gasteiger partial charge >= 0.3 is 0 Å². The normalized spacial score (nSPS) is 13.8. The van der Waals surface area contributed by atoms with Gasteiger partial charge in [0.15, 0.2) is 0 Å². The molecule has 0 fully saturated rings. The van der Waals surface area contributed by atoms with Gasteiger partial charge < -0.3 is 9.96 Å². The van der Waals surface area contributed by atoms with Crippen LogP contribution in [0.3, 0.4) is 0 Å². The van der Waals surface area contributed by atoms with Gasteiger partial charge in [0.05, 0.1) is 0 Å². The molecule has 0 aromatic rings. The van der Waals surface area contributed by atoms with Gasteiger partial charge in [-0.1, -0.05) is 39.3 Å². The topological polar surface area (TPSA) is 29.3 Å². The maximum absolute atomic E-state index is 5.57. The Morgan fingerprint density at radius 3 is 1.54 bits per heavy atom. The molecule has 0 amide bonds. The van der Waals surface area contributed by atoms with Crippen molar-refractivity contribution < 1.29 is 0 Å². The summed E-state index contributed by atoms with van der Waals surface area (Å²) < 4.78 is 2.78. The Labute approximate surface area is 85.7 Å². The molecule has 0 spiro atoms. The van der Waals surface area contributed by atoms with Gasteiger partial charge in [0.1, 0.15) is 16.5 Å². The van der Waals surface area contributed by atoms with Crippen molar-refractivity contribution in [2.45, 2.75) is 45.7 Å². The molecule has 0 aliphatic carbocycles. The van der Waals surface area contributed by atoms with E-state index in [4.69, 9.17) is 5.73 Å². The van der Waals surface area contributed by atoms with Gasteiger partial charge in [-0.25, -0.2) is 0 Å². The molecule has 80 valence electrons. The Kier molecular flexibility index (Phi) is 4.86. The van der Waals surface area contributed by atoms with Crippen LogP contribution in [-0.2, 0) is 0 Å². The fourth-order valence-corrected chi connectivity index (χ4v) is 11.6. The van der Waals surface area contributed by atoms with Crippen molar-refractivity contribution in [2.75, 3.05) is 13.1 Å². The Morgan fingerprint density at radius 1 is 0.923 bits per heavy atom. The largest absolute Gasteiger partial charge is 0.346 e. The predicted octanol–water partition coefficient (Wildman–Crippen LogP) is 2.31. The maximum Gasteiger partial charge on any atom is 0.112 e. The van der Waals surface area contributed by atoms with Crippen molar-refractivity contribution in [3.8, 4) is 0 Å². The highest BCUT2D eigenvalue weighted by Crippen LogP contribution is 2.19. The lowest BCUT2D eigenvalue weighted by Gasteiger charge is -2.43. The van der Waals surface area contributed by atoms with E-state index in [2.05, 4.69) is 43.5 Å². The fourth-order valence-electron chi connectivity index (χ4n) is 1.93. The Morgan fingerprint density at radius 2 is 1.31 bits per heavy atom. The molecule has 0 aliphatic rings. The van der Waals surface area contributed by atoms with Gasteiger partial charge in [0.2, 0.25) is 0 Å². The van der Waals surface area contributed by atoms with Gasteiger partial charge in [0.25, 0.3) is 0 Å². The highest BCUT2D eigenvalue weighted by atomic mass is 28.4. The van der Waals surface area contributed by atoms with Gasteiger partial charge in [-0.2, -0.15) is 0 Å². The molecule has 4 heteroatoms. The second kappa shape index (κ2) is 4.73. The van der Waals surface area contributed by atoms with E-state index < -0.39 is 16.5 Å². The molecule has 0 saturated heterocycles. The third-order valence-corrected chi connectivity index (χ3v) is 9.92. The Bertz CT molecular complexity index is 133. The number of hydrogen-bond donors (Lipinski definition) is 1. The smallest absolute Gasteiger partial charge is 0.112 e. The number of rotatable bonds is 5. The van der Waals surface area contributed by atoms with Gasteiger partial charge in [-0.05, 0) is 19.5 Å². The summed E-state index contributed by atoms with van der Waals surface area (Å²) in [5.74, 6) is 0. The molecule has 0 saturated carbocycles. The SMILES string of the molecule is C[Si](C)(C)N(CCCN)[Si](C)(C)C. The van der Waals surface area contributed by atoms with Crippen LogP contribution in [0.1, 0.15) is 6.42 Å². The molecule has 0 heterocycles. The molecule has 0 unspecified atom stereocenters. The Balaban J connectivity index is 4.39. The minimum Gasteiger partial charge on any atom is -0.346 e. The van der Waals surface area contributed by atoms with Crippen LogP contribution in [-0.4, -0.2) is 33.8 Å². The van der Waals surface area contributed by atoms with E-state index in [9.17, 15) is 0 Å². The van der Waals surface area contributed by atoms with Gasteiger partial charge in [0, 0.05) is 0 Å². The maximum atomic E-state index is 5.57. The number of nitrogens with two attached hydrogens (primary N) is 1. The second-order valence-corrected chi connectivity index (χ2v) is 15.8. The first-order chi connectivity index (χ1) is 5.69. The second-order valence-electron chi connectivity index (χ2n) is 5.64. The average molecular weight is 218 g/mol. The first-order valence-electron chi connectivity index (χ1n) is 5.17. The summed E-state index contributed by atoms with van der Waals surface area (Å²) in [6.45, 7) is 16.6.